The van der Waals surface area contributed by atoms with Gasteiger partial charge in [0.1, 0.15) is 41.4 Å². The minimum absolute atomic E-state index is 0.00898. The summed E-state index contributed by atoms with van der Waals surface area (Å²) in [6, 6.07) is 41.3. The summed E-state index contributed by atoms with van der Waals surface area (Å²) >= 11 is 0. The Kier molecular flexibility index (Phi) is 19.3. The molecule has 9 aromatic carbocycles. The van der Waals surface area contributed by atoms with Crippen molar-refractivity contribution in [2.24, 2.45) is 0 Å². The van der Waals surface area contributed by atoms with Gasteiger partial charge in [-0.25, -0.2) is 4.39 Å². The molecule has 0 unspecified atom stereocenters. The van der Waals surface area contributed by atoms with Crippen LogP contribution in [-0.4, -0.2) is 68.9 Å². The lowest BCUT2D eigenvalue weighted by atomic mass is 9.84. The highest BCUT2D eigenvalue weighted by atomic mass is 19.1. The number of aryl methyl sites for hydroxylation is 5. The van der Waals surface area contributed by atoms with Crippen LogP contribution in [0.3, 0.4) is 0 Å². The van der Waals surface area contributed by atoms with E-state index in [1.807, 2.05) is 136 Å². The molecule has 12 nitrogen and oxygen atoms in total. The van der Waals surface area contributed by atoms with Crippen LogP contribution in [0, 0.1) is 47.4 Å². The fraction of sp³-hybridized carbons (Fsp3) is 0.333. The fourth-order valence-corrected chi connectivity index (χ4v) is 15.4. The Labute approximate surface area is 603 Å². The summed E-state index contributed by atoms with van der Waals surface area (Å²) in [5.74, 6) is 2.02. The lowest BCUT2D eigenvalue weighted by molar-refractivity contribution is -0.139. The number of fused-ring (bicyclic) bond motifs is 3. The topological polar surface area (TPSA) is 145 Å². The standard InChI is InChI=1S/C30H30FNO3.2C30H31NO3/c1-16-7-8-20-22(15-16)27(31)17(2)24(29(18(3)33)35-30(4,5)6)26(20)21-9-10-23-25-19(12-14-34-23)11-13-32-28(21)25;1-17-7-8-21-16-18(2)25(29(19(3)32)34-30(4,5)6)27(23(21)15-17)22-9-10-24-26-20(12-14-33-24)11-13-31-28(22)26;1-17-8-7-9-21-23(17)16-18(2)25(29(19(3)32)34-30(4,5)6)27(21)22-10-11-24-26-20(13-15-33-24)12-14-31-28(22)26/h7-11,13,15,29H,12,14H2,1-6H3;7-11,13,15-16,29H,12,14H2,1-6H3;7-12,14,16,29H,13,15H2,1-6H3/t3*29-/m111/s1. The molecular weight excluding hydrogens is 1290 g/mol. The molecule has 0 radical (unpaired) electrons. The number of pyridine rings is 3. The number of hydrogen-bond donors (Lipinski definition) is 0. The summed E-state index contributed by atoms with van der Waals surface area (Å²) in [7, 11) is 0. The zero-order valence-corrected chi connectivity index (χ0v) is 62.6. The molecule has 0 saturated heterocycles. The first kappa shape index (κ1) is 71.6. The van der Waals surface area contributed by atoms with Crippen molar-refractivity contribution < 1.29 is 47.2 Å². The molecule has 3 aromatic heterocycles. The predicted molar refractivity (Wildman–Crippen MR) is 413 cm³/mol. The molecule has 0 N–H and O–H groups in total. The van der Waals surface area contributed by atoms with Crippen LogP contribution in [0.15, 0.2) is 140 Å². The zero-order chi connectivity index (χ0) is 73.5. The summed E-state index contributed by atoms with van der Waals surface area (Å²) in [6.45, 7) is 36.4. The maximum Gasteiger partial charge on any atom is 0.163 e. The predicted octanol–water partition coefficient (Wildman–Crippen LogP) is 21.3. The molecule has 0 fully saturated rings. The number of aromatic nitrogens is 3. The monoisotopic (exact) mass is 1380 g/mol. The molecule has 6 heterocycles. The van der Waals surface area contributed by atoms with Gasteiger partial charge < -0.3 is 28.4 Å². The normalized spacial score (nSPS) is 14.3. The molecule has 528 valence electrons. The van der Waals surface area contributed by atoms with Gasteiger partial charge in [-0.1, -0.05) is 71.8 Å². The summed E-state index contributed by atoms with van der Waals surface area (Å²) in [5.41, 5.74) is 18.6. The number of carbonyl (C=O) groups is 3. The molecule has 3 aliphatic rings. The van der Waals surface area contributed by atoms with Gasteiger partial charge in [-0.2, -0.15) is 0 Å². The van der Waals surface area contributed by atoms with Crippen LogP contribution < -0.4 is 14.2 Å². The molecule has 0 amide bonds. The van der Waals surface area contributed by atoms with E-state index in [2.05, 4.69) is 100 Å². The number of ketones is 3. The van der Waals surface area contributed by atoms with Crippen LogP contribution in [-0.2, 0) is 47.9 Å². The quantitative estimate of drug-likeness (QED) is 0.115. The number of ether oxygens (including phenoxy) is 6. The average Bonchev–Trinajstić information content (AvgIpc) is 0.744. The van der Waals surface area contributed by atoms with E-state index in [1.54, 1.807) is 20.8 Å². The van der Waals surface area contributed by atoms with Crippen LogP contribution in [0.1, 0.15) is 168 Å². The van der Waals surface area contributed by atoms with E-state index in [9.17, 15) is 14.4 Å². The van der Waals surface area contributed by atoms with Crippen LogP contribution in [0.5, 0.6) is 17.2 Å². The molecule has 0 saturated carbocycles. The maximum absolute atomic E-state index is 15.9. The summed E-state index contributed by atoms with van der Waals surface area (Å²) in [5, 5.41) is 8.87. The first-order valence-electron chi connectivity index (χ1n) is 35.8. The van der Waals surface area contributed by atoms with Gasteiger partial charge in [0, 0.05) is 81.7 Å². The minimum atomic E-state index is -0.924. The molecule has 0 bridgehead atoms. The number of carbonyl (C=O) groups excluding carboxylic acids is 3. The van der Waals surface area contributed by atoms with Crippen molar-refractivity contribution in [2.75, 3.05) is 19.8 Å². The third-order valence-electron chi connectivity index (χ3n) is 19.7. The highest BCUT2D eigenvalue weighted by molar-refractivity contribution is 6.13. The lowest BCUT2D eigenvalue weighted by Crippen LogP contribution is -2.27. The largest absolute Gasteiger partial charge is 0.493 e. The van der Waals surface area contributed by atoms with E-state index in [4.69, 9.17) is 43.4 Å². The van der Waals surface area contributed by atoms with E-state index in [0.29, 0.717) is 36.3 Å². The Hall–Kier alpha value is -9.79. The Morgan fingerprint density at radius 1 is 0.408 bits per heavy atom. The Balaban J connectivity index is 0.000000138. The summed E-state index contributed by atoms with van der Waals surface area (Å²) < 4.78 is 52.9. The van der Waals surface area contributed by atoms with Gasteiger partial charge >= 0.3 is 0 Å². The highest BCUT2D eigenvalue weighted by Crippen LogP contribution is 2.50. The van der Waals surface area contributed by atoms with Gasteiger partial charge in [0.2, 0.25) is 0 Å². The van der Waals surface area contributed by atoms with Gasteiger partial charge in [-0.3, -0.25) is 29.3 Å². The minimum Gasteiger partial charge on any atom is -0.493 e. The number of Topliss-reactive ketones (excluding diaryl/α,β-unsaturated/α-hetero) is 3. The Bertz CT molecular complexity index is 5290. The fourth-order valence-electron chi connectivity index (χ4n) is 15.4. The molecule has 3 atom stereocenters. The second-order valence-electron chi connectivity index (χ2n) is 31.0. The van der Waals surface area contributed by atoms with E-state index in [1.165, 1.54) is 40.1 Å². The van der Waals surface area contributed by atoms with Crippen LogP contribution >= 0.6 is 0 Å². The molecule has 0 aliphatic carbocycles. The second-order valence-corrected chi connectivity index (χ2v) is 31.0. The number of halogens is 1. The third-order valence-corrected chi connectivity index (χ3v) is 19.7. The number of benzene rings is 9. The molecule has 13 heteroatoms. The van der Waals surface area contributed by atoms with Crippen molar-refractivity contribution in [3.05, 3.63) is 212 Å². The molecule has 15 rings (SSSR count). The SMILES string of the molecule is CC(=O)[C@@H](OC(C)(C)C)c1c(C)c(F)c2cc(C)ccc2c1-c1ccc2c3c(ccnc13)CCO2.CC(=O)[C@@H](OC(C)(C)C)c1c(C)cc2c(C)cccc2c1-c1ccc2c3c(ccnc13)CCO2.CC(=O)[C@@H](OC(C)(C)C)c1c(C)cc2ccc(C)cc2c1-c1ccc2c3c(ccnc13)CCO2. The van der Waals surface area contributed by atoms with E-state index in [-0.39, 0.29) is 23.2 Å². The highest BCUT2D eigenvalue weighted by Gasteiger charge is 2.36. The zero-order valence-electron chi connectivity index (χ0n) is 62.6. The first-order chi connectivity index (χ1) is 48.9. The molecule has 12 aromatic rings. The molecular formula is C90H92FN3O9. The van der Waals surface area contributed by atoms with Crippen LogP contribution in [0.4, 0.5) is 4.39 Å². The summed E-state index contributed by atoms with van der Waals surface area (Å²) in [6.07, 6.45) is 5.82. The Morgan fingerprint density at radius 2 is 0.786 bits per heavy atom. The van der Waals surface area contributed by atoms with E-state index >= 15 is 4.39 Å². The maximum atomic E-state index is 15.9. The van der Waals surface area contributed by atoms with Crippen molar-refractivity contribution in [1.82, 2.24) is 15.0 Å². The van der Waals surface area contributed by atoms with Crippen molar-refractivity contribution in [1.29, 1.82) is 0 Å². The van der Waals surface area contributed by atoms with Crippen LogP contribution in [0.2, 0.25) is 0 Å². The van der Waals surface area contributed by atoms with Crippen LogP contribution in [0.25, 0.3) is 98.4 Å². The first-order valence-corrected chi connectivity index (χ1v) is 35.8. The smallest absolute Gasteiger partial charge is 0.163 e. The second kappa shape index (κ2) is 27.8. The van der Waals surface area contributed by atoms with E-state index < -0.39 is 35.1 Å². The van der Waals surface area contributed by atoms with Gasteiger partial charge in [0.15, 0.2) is 17.3 Å². The van der Waals surface area contributed by atoms with E-state index in [0.717, 1.165) is 152 Å². The third kappa shape index (κ3) is 13.9. The molecule has 0 spiro atoms. The number of rotatable bonds is 12. The van der Waals surface area contributed by atoms with Gasteiger partial charge in [-0.05, 0) is 279 Å². The van der Waals surface area contributed by atoms with Crippen molar-refractivity contribution in [2.45, 2.75) is 179 Å². The lowest BCUT2D eigenvalue weighted by Gasteiger charge is -2.30. The average molecular weight is 1380 g/mol. The Morgan fingerprint density at radius 3 is 1.21 bits per heavy atom. The number of hydrogen-bond acceptors (Lipinski definition) is 12. The van der Waals surface area contributed by atoms with Gasteiger partial charge in [0.05, 0.1) is 53.2 Å². The van der Waals surface area contributed by atoms with Gasteiger partial charge in [0.25, 0.3) is 0 Å². The number of nitrogens with zero attached hydrogens (tertiary/aromatic N) is 3. The van der Waals surface area contributed by atoms with Crippen molar-refractivity contribution in [3.8, 4) is 50.6 Å². The van der Waals surface area contributed by atoms with Gasteiger partial charge in [-0.15, -0.1) is 0 Å². The molecule has 103 heavy (non-hydrogen) atoms. The van der Waals surface area contributed by atoms with Crippen molar-refractivity contribution in [3.63, 3.8) is 0 Å². The summed E-state index contributed by atoms with van der Waals surface area (Å²) in [4.78, 5) is 53.5. The van der Waals surface area contributed by atoms with Crippen molar-refractivity contribution >= 4 is 82.4 Å². The molecule has 3 aliphatic heterocycles.